The molecule has 4 nitrogen and oxygen atoms in total. The number of amides is 1. The number of nitrogens with one attached hydrogen (secondary N) is 1. The molecule has 3 N–H and O–H groups in total. The molecule has 2 aromatic rings. The number of carbonyl (C=O) groups is 1. The van der Waals surface area contributed by atoms with Crippen molar-refractivity contribution in [2.45, 2.75) is 13.0 Å². The molecule has 1 heterocycles. The van der Waals surface area contributed by atoms with Crippen molar-refractivity contribution in [3.8, 4) is 5.75 Å². The lowest BCUT2D eigenvalue weighted by Crippen LogP contribution is -2.28. The second kappa shape index (κ2) is 5.86. The number of aliphatic hydroxyl groups excluding tert-OH is 1. The Morgan fingerprint density at radius 2 is 2.21 bits per heavy atom. The van der Waals surface area contributed by atoms with Gasteiger partial charge in [-0.05, 0) is 53.1 Å². The molecule has 0 fully saturated rings. The summed E-state index contributed by atoms with van der Waals surface area (Å²) < 4.78 is 0. The highest BCUT2D eigenvalue weighted by Crippen LogP contribution is 2.17. The number of thiophene rings is 1. The van der Waals surface area contributed by atoms with Crippen molar-refractivity contribution in [1.82, 2.24) is 5.32 Å². The molecule has 1 unspecified atom stereocenters. The van der Waals surface area contributed by atoms with Gasteiger partial charge in [-0.3, -0.25) is 4.79 Å². The molecule has 0 aliphatic heterocycles. The van der Waals surface area contributed by atoms with Gasteiger partial charge in [-0.25, -0.2) is 0 Å². The van der Waals surface area contributed by atoms with E-state index < -0.39 is 6.10 Å². The number of phenols is 1. The molecule has 1 aromatic carbocycles. The van der Waals surface area contributed by atoms with Crippen molar-refractivity contribution in [1.29, 1.82) is 0 Å². The average Bonchev–Trinajstić information content (AvgIpc) is 2.88. The Hall–Kier alpha value is -1.85. The Bertz CT molecular complexity index is 546. The van der Waals surface area contributed by atoms with E-state index in [1.165, 1.54) is 17.4 Å². The number of hydrogen-bond acceptors (Lipinski definition) is 4. The van der Waals surface area contributed by atoms with Crippen LogP contribution >= 0.6 is 11.3 Å². The molecule has 5 heteroatoms. The van der Waals surface area contributed by atoms with Crippen molar-refractivity contribution in [3.05, 3.63) is 51.7 Å². The molecule has 0 bridgehead atoms. The zero-order chi connectivity index (χ0) is 13.8. The highest BCUT2D eigenvalue weighted by molar-refractivity contribution is 7.07. The first-order chi connectivity index (χ1) is 9.06. The first kappa shape index (κ1) is 13.6. The van der Waals surface area contributed by atoms with Crippen LogP contribution < -0.4 is 5.32 Å². The van der Waals surface area contributed by atoms with Crippen LogP contribution in [0, 0.1) is 6.92 Å². The molecule has 100 valence electrons. The van der Waals surface area contributed by atoms with Gasteiger partial charge >= 0.3 is 0 Å². The largest absolute Gasteiger partial charge is 0.508 e. The van der Waals surface area contributed by atoms with E-state index in [9.17, 15) is 15.0 Å². The van der Waals surface area contributed by atoms with Crippen LogP contribution in [0.2, 0.25) is 0 Å². The molecular formula is C14H15NO3S. The Balaban J connectivity index is 1.98. The van der Waals surface area contributed by atoms with Crippen LogP contribution in [-0.4, -0.2) is 22.7 Å². The van der Waals surface area contributed by atoms with Gasteiger partial charge in [0.1, 0.15) is 5.75 Å². The lowest BCUT2D eigenvalue weighted by molar-refractivity contribution is 0.0916. The van der Waals surface area contributed by atoms with Gasteiger partial charge < -0.3 is 15.5 Å². The maximum atomic E-state index is 11.9. The van der Waals surface area contributed by atoms with E-state index in [1.54, 1.807) is 19.1 Å². The van der Waals surface area contributed by atoms with Gasteiger partial charge in [0.15, 0.2) is 0 Å². The normalized spacial score (nSPS) is 12.1. The second-order valence-corrected chi connectivity index (χ2v) is 5.12. The Morgan fingerprint density at radius 3 is 2.84 bits per heavy atom. The van der Waals surface area contributed by atoms with E-state index in [1.807, 2.05) is 16.8 Å². The summed E-state index contributed by atoms with van der Waals surface area (Å²) in [5.41, 5.74) is 1.98. The summed E-state index contributed by atoms with van der Waals surface area (Å²) in [5.74, 6) is -0.253. The minimum atomic E-state index is -0.714. The summed E-state index contributed by atoms with van der Waals surface area (Å²) in [6.07, 6.45) is -0.714. The summed E-state index contributed by atoms with van der Waals surface area (Å²) in [5, 5.41) is 25.7. The van der Waals surface area contributed by atoms with E-state index >= 15 is 0 Å². The molecule has 2 rings (SSSR count). The maximum Gasteiger partial charge on any atom is 0.251 e. The smallest absolute Gasteiger partial charge is 0.251 e. The van der Waals surface area contributed by atoms with Gasteiger partial charge in [0.05, 0.1) is 6.10 Å². The van der Waals surface area contributed by atoms with Gasteiger partial charge in [-0.1, -0.05) is 0 Å². The van der Waals surface area contributed by atoms with Gasteiger partial charge in [0.2, 0.25) is 0 Å². The third kappa shape index (κ3) is 3.56. The van der Waals surface area contributed by atoms with E-state index in [0.29, 0.717) is 5.56 Å². The number of aromatic hydroxyl groups is 1. The van der Waals surface area contributed by atoms with Crippen LogP contribution in [0.3, 0.4) is 0 Å². The fraction of sp³-hybridized carbons (Fsp3) is 0.214. The molecule has 0 aliphatic carbocycles. The summed E-state index contributed by atoms with van der Waals surface area (Å²) in [4.78, 5) is 11.9. The molecule has 19 heavy (non-hydrogen) atoms. The lowest BCUT2D eigenvalue weighted by Gasteiger charge is -2.11. The van der Waals surface area contributed by atoms with E-state index in [0.717, 1.165) is 11.1 Å². The van der Waals surface area contributed by atoms with E-state index in [-0.39, 0.29) is 18.2 Å². The van der Waals surface area contributed by atoms with Crippen molar-refractivity contribution < 1.29 is 15.0 Å². The third-order valence-corrected chi connectivity index (χ3v) is 3.41. The number of hydrogen-bond donors (Lipinski definition) is 3. The monoisotopic (exact) mass is 277 g/mol. The van der Waals surface area contributed by atoms with Crippen molar-refractivity contribution in [2.24, 2.45) is 0 Å². The predicted molar refractivity (Wildman–Crippen MR) is 74.5 cm³/mol. The van der Waals surface area contributed by atoms with Crippen LogP contribution in [-0.2, 0) is 0 Å². The van der Waals surface area contributed by atoms with Crippen LogP contribution in [0.5, 0.6) is 5.75 Å². The summed E-state index contributed by atoms with van der Waals surface area (Å²) >= 11 is 1.50. The second-order valence-electron chi connectivity index (χ2n) is 4.34. The zero-order valence-corrected chi connectivity index (χ0v) is 11.3. The maximum absolute atomic E-state index is 11.9. The third-order valence-electron chi connectivity index (χ3n) is 2.71. The predicted octanol–water partition coefficient (Wildman–Crippen LogP) is 2.23. The first-order valence-corrected chi connectivity index (χ1v) is 6.79. The van der Waals surface area contributed by atoms with Gasteiger partial charge in [-0.15, -0.1) is 0 Å². The highest BCUT2D eigenvalue weighted by atomic mass is 32.1. The highest BCUT2D eigenvalue weighted by Gasteiger charge is 2.12. The first-order valence-electron chi connectivity index (χ1n) is 5.85. The Kier molecular flexibility index (Phi) is 4.19. The van der Waals surface area contributed by atoms with Crippen LogP contribution in [0.1, 0.15) is 27.6 Å². The summed E-state index contributed by atoms with van der Waals surface area (Å²) in [6, 6.07) is 6.49. The SMILES string of the molecule is Cc1cc(O)cc(C(=O)NCC(O)c2ccsc2)c1. The molecule has 0 aliphatic rings. The Morgan fingerprint density at radius 1 is 1.42 bits per heavy atom. The number of aliphatic hydroxyl groups is 1. The van der Waals surface area contributed by atoms with Crippen molar-refractivity contribution in [2.75, 3.05) is 6.54 Å². The van der Waals surface area contributed by atoms with Crippen molar-refractivity contribution >= 4 is 17.2 Å². The molecule has 0 saturated heterocycles. The van der Waals surface area contributed by atoms with Crippen LogP contribution in [0.15, 0.2) is 35.0 Å². The standard InChI is InChI=1S/C14H15NO3S/c1-9-4-11(6-12(16)5-9)14(18)15-7-13(17)10-2-3-19-8-10/h2-6,8,13,16-17H,7H2,1H3,(H,15,18). The summed E-state index contributed by atoms with van der Waals surface area (Å²) in [6.45, 7) is 1.95. The molecular weight excluding hydrogens is 262 g/mol. The van der Waals surface area contributed by atoms with Crippen LogP contribution in [0.25, 0.3) is 0 Å². The average molecular weight is 277 g/mol. The fourth-order valence-electron chi connectivity index (χ4n) is 1.77. The minimum absolute atomic E-state index is 0.0588. The summed E-state index contributed by atoms with van der Waals surface area (Å²) in [7, 11) is 0. The molecule has 0 saturated carbocycles. The topological polar surface area (TPSA) is 69.6 Å². The van der Waals surface area contributed by atoms with Gasteiger partial charge in [0.25, 0.3) is 5.91 Å². The van der Waals surface area contributed by atoms with E-state index in [4.69, 9.17) is 0 Å². The molecule has 0 radical (unpaired) electrons. The quantitative estimate of drug-likeness (QED) is 0.802. The minimum Gasteiger partial charge on any atom is -0.508 e. The van der Waals surface area contributed by atoms with Gasteiger partial charge in [-0.2, -0.15) is 11.3 Å². The number of benzene rings is 1. The number of aryl methyl sites for hydroxylation is 1. The van der Waals surface area contributed by atoms with Crippen LogP contribution in [0.4, 0.5) is 0 Å². The number of carbonyl (C=O) groups excluding carboxylic acids is 1. The molecule has 1 aromatic heterocycles. The molecule has 1 amide bonds. The molecule has 0 spiro atoms. The lowest BCUT2D eigenvalue weighted by atomic mass is 10.1. The van der Waals surface area contributed by atoms with Gasteiger partial charge in [0, 0.05) is 12.1 Å². The zero-order valence-electron chi connectivity index (χ0n) is 10.5. The molecule has 1 atom stereocenters. The number of phenolic OH excluding ortho intramolecular Hbond substituents is 1. The fourth-order valence-corrected chi connectivity index (χ4v) is 2.47. The Labute approximate surface area is 115 Å². The number of rotatable bonds is 4. The van der Waals surface area contributed by atoms with Crippen molar-refractivity contribution in [3.63, 3.8) is 0 Å². The van der Waals surface area contributed by atoms with E-state index in [2.05, 4.69) is 5.32 Å².